The molecule has 0 aromatic heterocycles. The number of amides is 1. The third-order valence-corrected chi connectivity index (χ3v) is 7.05. The van der Waals surface area contributed by atoms with Gasteiger partial charge in [-0.2, -0.15) is 0 Å². The minimum absolute atomic E-state index is 0.0494. The van der Waals surface area contributed by atoms with Crippen LogP contribution in [0.3, 0.4) is 0 Å². The molecule has 0 saturated heterocycles. The number of alkyl halides is 2. The zero-order valence-electron chi connectivity index (χ0n) is 16.9. The summed E-state index contributed by atoms with van der Waals surface area (Å²) in [5, 5.41) is 6.97. The highest BCUT2D eigenvalue weighted by Crippen LogP contribution is 2.65. The van der Waals surface area contributed by atoms with E-state index in [1.54, 1.807) is 30.3 Å². The second kappa shape index (κ2) is 9.73. The summed E-state index contributed by atoms with van der Waals surface area (Å²) in [4.78, 5) is 25.6. The lowest BCUT2D eigenvalue weighted by atomic mass is 10.1. The molecule has 0 bridgehead atoms. The molecule has 1 aliphatic carbocycles. The van der Waals surface area contributed by atoms with Gasteiger partial charge in [0.2, 0.25) is 5.91 Å². The molecule has 1 aliphatic rings. The first kappa shape index (κ1) is 24.2. The molecule has 1 saturated carbocycles. The topological polar surface area (TPSA) is 58.2 Å². The molecular weight excluding hydrogens is 526 g/mol. The van der Waals surface area contributed by atoms with Crippen LogP contribution >= 0.6 is 58.0 Å². The van der Waals surface area contributed by atoms with Crippen LogP contribution in [0.5, 0.6) is 0 Å². The van der Waals surface area contributed by atoms with Crippen LogP contribution in [0.1, 0.15) is 21.8 Å². The molecule has 2 atom stereocenters. The van der Waals surface area contributed by atoms with Gasteiger partial charge in [0.15, 0.2) is 5.78 Å². The number of nitrogens with one attached hydrogen (secondary N) is 2. The highest BCUT2D eigenvalue weighted by molar-refractivity contribution is 6.53. The van der Waals surface area contributed by atoms with Crippen molar-refractivity contribution in [3.63, 3.8) is 0 Å². The number of benzene rings is 3. The summed E-state index contributed by atoms with van der Waals surface area (Å²) < 4.78 is -1.30. The second-order valence-electron chi connectivity index (χ2n) is 7.66. The number of rotatable bonds is 7. The predicted molar refractivity (Wildman–Crippen MR) is 136 cm³/mol. The van der Waals surface area contributed by atoms with Crippen molar-refractivity contribution in [2.45, 2.75) is 10.3 Å². The number of hydrogen-bond acceptors (Lipinski definition) is 3. The van der Waals surface area contributed by atoms with Crippen LogP contribution in [-0.2, 0) is 4.79 Å². The zero-order valence-corrected chi connectivity index (χ0v) is 20.7. The third-order valence-electron chi connectivity index (χ3n) is 5.34. The molecule has 170 valence electrons. The molecule has 3 aromatic carbocycles. The molecule has 4 nitrogen and oxygen atoms in total. The largest absolute Gasteiger partial charge is 0.378 e. The molecule has 2 unspecified atom stereocenters. The van der Waals surface area contributed by atoms with Gasteiger partial charge in [0.1, 0.15) is 4.33 Å². The minimum Gasteiger partial charge on any atom is -0.378 e. The summed E-state index contributed by atoms with van der Waals surface area (Å²) in [6.07, 6.45) is 0. The Bertz CT molecular complexity index is 1200. The van der Waals surface area contributed by atoms with Gasteiger partial charge in [0.05, 0.1) is 17.5 Å². The van der Waals surface area contributed by atoms with Crippen molar-refractivity contribution >= 4 is 81.1 Å². The van der Waals surface area contributed by atoms with Crippen LogP contribution in [0.15, 0.2) is 66.7 Å². The highest BCUT2D eigenvalue weighted by atomic mass is 35.5. The zero-order chi connectivity index (χ0) is 23.8. The lowest BCUT2D eigenvalue weighted by molar-refractivity contribution is -0.117. The Balaban J connectivity index is 1.46. The minimum atomic E-state index is -1.30. The van der Waals surface area contributed by atoms with Gasteiger partial charge in [-0.05, 0) is 54.1 Å². The molecule has 1 fully saturated rings. The fourth-order valence-corrected chi connectivity index (χ4v) is 5.29. The van der Waals surface area contributed by atoms with E-state index in [4.69, 9.17) is 58.0 Å². The van der Waals surface area contributed by atoms with Gasteiger partial charge >= 0.3 is 0 Å². The molecule has 4 rings (SSSR count). The van der Waals surface area contributed by atoms with Crippen LogP contribution in [-0.4, -0.2) is 22.6 Å². The Morgan fingerprint density at radius 1 is 0.848 bits per heavy atom. The Morgan fingerprint density at radius 2 is 1.52 bits per heavy atom. The average molecular weight is 543 g/mol. The lowest BCUT2D eigenvalue weighted by Gasteiger charge is -2.10. The fourth-order valence-electron chi connectivity index (χ4n) is 3.69. The molecule has 2 N–H and O–H groups in total. The molecule has 3 aromatic rings. The molecular formula is C24H17Cl5N2O2. The van der Waals surface area contributed by atoms with E-state index in [1.807, 2.05) is 30.3 Å². The van der Waals surface area contributed by atoms with E-state index in [0.29, 0.717) is 21.3 Å². The van der Waals surface area contributed by atoms with E-state index in [1.165, 1.54) is 6.07 Å². The SMILES string of the molecule is O=C(CNc1ccccc1)c1cc(NC(=O)C2C(c3cc(Cl)cc(Cl)c3)C2(Cl)Cl)ccc1Cl. The van der Waals surface area contributed by atoms with Crippen molar-refractivity contribution in [2.75, 3.05) is 17.2 Å². The van der Waals surface area contributed by atoms with Crippen molar-refractivity contribution in [1.82, 2.24) is 0 Å². The first-order valence-electron chi connectivity index (χ1n) is 9.93. The number of halogens is 5. The molecule has 9 heteroatoms. The van der Waals surface area contributed by atoms with E-state index in [2.05, 4.69) is 10.6 Å². The summed E-state index contributed by atoms with van der Waals surface area (Å²) >= 11 is 31.2. The molecule has 1 amide bonds. The number of anilines is 2. The van der Waals surface area contributed by atoms with Crippen molar-refractivity contribution < 1.29 is 9.59 Å². The van der Waals surface area contributed by atoms with E-state index < -0.39 is 16.2 Å². The Hall–Kier alpha value is -1.95. The maximum atomic E-state index is 12.9. The van der Waals surface area contributed by atoms with E-state index in [9.17, 15) is 9.59 Å². The number of hydrogen-bond donors (Lipinski definition) is 2. The summed E-state index contributed by atoms with van der Waals surface area (Å²) in [7, 11) is 0. The maximum absolute atomic E-state index is 12.9. The van der Waals surface area contributed by atoms with Gasteiger partial charge in [0.25, 0.3) is 0 Å². The summed E-state index contributed by atoms with van der Waals surface area (Å²) in [5.74, 6) is -1.79. The van der Waals surface area contributed by atoms with Gasteiger partial charge in [-0.15, -0.1) is 23.2 Å². The van der Waals surface area contributed by atoms with Crippen molar-refractivity contribution in [3.8, 4) is 0 Å². The number of para-hydroxylation sites is 1. The van der Waals surface area contributed by atoms with Crippen LogP contribution in [0.4, 0.5) is 11.4 Å². The van der Waals surface area contributed by atoms with Gasteiger partial charge in [-0.25, -0.2) is 0 Å². The fraction of sp³-hybridized carbons (Fsp3) is 0.167. The van der Waals surface area contributed by atoms with Crippen molar-refractivity contribution in [1.29, 1.82) is 0 Å². The van der Waals surface area contributed by atoms with E-state index in [-0.39, 0.29) is 28.8 Å². The Morgan fingerprint density at radius 3 is 2.18 bits per heavy atom. The van der Waals surface area contributed by atoms with Gasteiger partial charge in [-0.1, -0.05) is 53.0 Å². The normalized spacial score (nSPS) is 18.5. The van der Waals surface area contributed by atoms with Gasteiger partial charge in [0, 0.05) is 32.9 Å². The quantitative estimate of drug-likeness (QED) is 0.241. The van der Waals surface area contributed by atoms with E-state index >= 15 is 0 Å². The standard InChI is InChI=1S/C24H17Cl5N2O2/c25-14-8-13(9-15(26)10-14)21-22(24(21,28)29)23(33)31-17-6-7-19(27)18(11-17)20(32)12-30-16-4-2-1-3-5-16/h1-11,21-22,30H,12H2,(H,31,33). The smallest absolute Gasteiger partial charge is 0.231 e. The molecule has 0 heterocycles. The predicted octanol–water partition coefficient (Wildman–Crippen LogP) is 7.47. The van der Waals surface area contributed by atoms with Crippen LogP contribution in [0, 0.1) is 5.92 Å². The molecule has 33 heavy (non-hydrogen) atoms. The van der Waals surface area contributed by atoms with Gasteiger partial charge in [-0.3, -0.25) is 9.59 Å². The summed E-state index contributed by atoms with van der Waals surface area (Å²) in [5.41, 5.74) is 2.19. The van der Waals surface area contributed by atoms with Crippen molar-refractivity contribution in [2.24, 2.45) is 5.92 Å². The Kier molecular flexibility index (Phi) is 7.13. The lowest BCUT2D eigenvalue weighted by Crippen LogP contribution is -2.18. The summed E-state index contributed by atoms with van der Waals surface area (Å²) in [6.45, 7) is 0.0494. The number of ketones is 1. The van der Waals surface area contributed by atoms with Gasteiger partial charge < -0.3 is 10.6 Å². The van der Waals surface area contributed by atoms with Crippen LogP contribution in [0.2, 0.25) is 15.1 Å². The third kappa shape index (κ3) is 5.42. The Labute approximate surface area is 216 Å². The summed E-state index contributed by atoms with van der Waals surface area (Å²) in [6, 6.07) is 19.0. The van der Waals surface area contributed by atoms with Crippen LogP contribution < -0.4 is 10.6 Å². The highest BCUT2D eigenvalue weighted by Gasteiger charge is 2.67. The number of carbonyl (C=O) groups is 2. The maximum Gasteiger partial charge on any atom is 0.231 e. The first-order chi connectivity index (χ1) is 15.7. The monoisotopic (exact) mass is 540 g/mol. The average Bonchev–Trinajstić information content (AvgIpc) is 3.35. The van der Waals surface area contributed by atoms with E-state index in [0.717, 1.165) is 5.69 Å². The number of Topliss-reactive ketones (excluding diaryl/α,β-unsaturated/α-hetero) is 1. The molecule has 0 spiro atoms. The molecule has 0 aliphatic heterocycles. The second-order valence-corrected chi connectivity index (χ2v) is 10.4. The van der Waals surface area contributed by atoms with Crippen molar-refractivity contribution in [3.05, 3.63) is 92.9 Å². The number of carbonyl (C=O) groups excluding carboxylic acids is 2. The first-order valence-corrected chi connectivity index (χ1v) is 11.8. The van der Waals surface area contributed by atoms with Crippen LogP contribution in [0.25, 0.3) is 0 Å². The molecule has 0 radical (unpaired) electrons.